The van der Waals surface area contributed by atoms with Gasteiger partial charge in [0.2, 0.25) is 5.78 Å². The van der Waals surface area contributed by atoms with Crippen LogP contribution >= 0.6 is 0 Å². The predicted octanol–water partition coefficient (Wildman–Crippen LogP) is 5.03. The van der Waals surface area contributed by atoms with E-state index in [0.717, 1.165) is 28.8 Å². The van der Waals surface area contributed by atoms with Gasteiger partial charge in [0.05, 0.1) is 23.4 Å². The van der Waals surface area contributed by atoms with Gasteiger partial charge in [-0.3, -0.25) is 19.6 Å². The zero-order valence-electron chi connectivity index (χ0n) is 27.3. The Morgan fingerprint density at radius 2 is 1.77 bits per heavy atom. The first-order chi connectivity index (χ1) is 22.6. The number of nitriles is 1. The van der Waals surface area contributed by atoms with Crippen molar-refractivity contribution < 1.29 is 19.1 Å². The molecule has 0 aliphatic heterocycles. The molecule has 1 aliphatic carbocycles. The van der Waals surface area contributed by atoms with Gasteiger partial charge in [0, 0.05) is 18.0 Å². The number of benzene rings is 2. The third-order valence-electron chi connectivity index (χ3n) is 8.17. The number of ether oxygens (including phenoxy) is 2. The fraction of sp³-hybridized carbons (Fsp3) is 0.429. The molecule has 4 aromatic rings. The fourth-order valence-corrected chi connectivity index (χ4v) is 6.04. The highest BCUT2D eigenvalue weighted by atomic mass is 16.6. The van der Waals surface area contributed by atoms with Gasteiger partial charge in [0.1, 0.15) is 18.5 Å². The summed E-state index contributed by atoms with van der Waals surface area (Å²) in [7, 11) is 0. The predicted molar refractivity (Wildman–Crippen MR) is 175 cm³/mol. The van der Waals surface area contributed by atoms with Crippen molar-refractivity contribution in [1.82, 2.24) is 30.0 Å². The topological polar surface area (TPSA) is 153 Å². The van der Waals surface area contributed by atoms with Crippen molar-refractivity contribution in [3.63, 3.8) is 0 Å². The van der Waals surface area contributed by atoms with E-state index >= 15 is 0 Å². The van der Waals surface area contributed by atoms with Crippen molar-refractivity contribution in [3.8, 4) is 17.2 Å². The van der Waals surface area contributed by atoms with E-state index in [9.17, 15) is 19.6 Å². The molecule has 5 rings (SSSR count). The fourth-order valence-electron chi connectivity index (χ4n) is 6.04. The molecule has 12 nitrogen and oxygen atoms in total. The molecular weight excluding hydrogens is 598 g/mol. The quantitative estimate of drug-likeness (QED) is 0.242. The van der Waals surface area contributed by atoms with Gasteiger partial charge in [-0.1, -0.05) is 55.8 Å². The maximum atomic E-state index is 14.3. The third kappa shape index (κ3) is 8.04. The Kier molecular flexibility index (Phi) is 10.4. The molecule has 0 spiro atoms. The molecule has 2 heterocycles. The van der Waals surface area contributed by atoms with Gasteiger partial charge in [-0.25, -0.2) is 14.7 Å². The van der Waals surface area contributed by atoms with Crippen molar-refractivity contribution >= 4 is 17.8 Å². The van der Waals surface area contributed by atoms with Gasteiger partial charge in [0.15, 0.2) is 0 Å². The molecule has 2 aromatic carbocycles. The Hall–Kier alpha value is -5.02. The monoisotopic (exact) mass is 639 g/mol. The summed E-state index contributed by atoms with van der Waals surface area (Å²) in [4.78, 5) is 42.8. The first-order valence-electron chi connectivity index (χ1n) is 16.0. The second-order valence-electron chi connectivity index (χ2n) is 12.8. The van der Waals surface area contributed by atoms with Crippen LogP contribution in [0.4, 0.5) is 4.79 Å². The summed E-state index contributed by atoms with van der Waals surface area (Å²) >= 11 is 0. The molecule has 47 heavy (non-hydrogen) atoms. The van der Waals surface area contributed by atoms with Gasteiger partial charge in [0.25, 0.3) is 11.5 Å². The van der Waals surface area contributed by atoms with Crippen LogP contribution in [-0.4, -0.2) is 49.5 Å². The van der Waals surface area contributed by atoms with Crippen LogP contribution in [0.2, 0.25) is 0 Å². The molecule has 0 radical (unpaired) electrons. The number of hydrogen-bond donors (Lipinski definition) is 2. The molecule has 0 bridgehead atoms. The number of nitrogens with zero attached hydrogens (tertiary/aromatic N) is 5. The smallest absolute Gasteiger partial charge is 0.426 e. The molecular formula is C35H41N7O5. The molecule has 0 saturated heterocycles. The van der Waals surface area contributed by atoms with Gasteiger partial charge >= 0.3 is 6.09 Å². The van der Waals surface area contributed by atoms with Gasteiger partial charge in [-0.15, -0.1) is 0 Å². The molecule has 2 amide bonds. The van der Waals surface area contributed by atoms with E-state index in [1.807, 2.05) is 47.0 Å². The van der Waals surface area contributed by atoms with Crippen LogP contribution in [0.3, 0.4) is 0 Å². The highest BCUT2D eigenvalue weighted by molar-refractivity contribution is 5.80. The largest absolute Gasteiger partial charge is 0.443 e. The Morgan fingerprint density at radius 3 is 2.45 bits per heavy atom. The van der Waals surface area contributed by atoms with Crippen molar-refractivity contribution in [3.05, 3.63) is 87.6 Å². The van der Waals surface area contributed by atoms with E-state index in [4.69, 9.17) is 9.47 Å². The maximum absolute atomic E-state index is 14.3. The van der Waals surface area contributed by atoms with Crippen molar-refractivity contribution in [2.45, 2.75) is 90.4 Å². The first-order valence-corrected chi connectivity index (χ1v) is 16.0. The molecule has 0 unspecified atom stereocenters. The third-order valence-corrected chi connectivity index (χ3v) is 8.17. The summed E-state index contributed by atoms with van der Waals surface area (Å²) in [6, 6.07) is 17.7. The zero-order chi connectivity index (χ0) is 33.6. The number of fused-ring (bicyclic) bond motifs is 1. The van der Waals surface area contributed by atoms with Crippen LogP contribution in [0, 0.1) is 11.3 Å². The van der Waals surface area contributed by atoms with Crippen LogP contribution in [0.1, 0.15) is 88.2 Å². The lowest BCUT2D eigenvalue weighted by molar-refractivity contribution is -0.129. The van der Waals surface area contributed by atoms with E-state index in [1.54, 1.807) is 31.4 Å². The number of nitrogens with one attached hydrogen (secondary N) is 2. The molecule has 0 atom stereocenters. The molecule has 2 N–H and O–H groups in total. The van der Waals surface area contributed by atoms with Gasteiger partial charge < -0.3 is 9.47 Å². The van der Waals surface area contributed by atoms with Crippen LogP contribution in [0.5, 0.6) is 0 Å². The summed E-state index contributed by atoms with van der Waals surface area (Å²) in [5.74, 6) is 0.0421. The number of hydrazine groups is 1. The van der Waals surface area contributed by atoms with E-state index in [1.165, 1.54) is 6.33 Å². The molecule has 2 aromatic heterocycles. The Labute approximate surface area is 273 Å². The average molecular weight is 640 g/mol. The second kappa shape index (κ2) is 14.6. The first kappa shape index (κ1) is 33.3. The Balaban J connectivity index is 1.29. The summed E-state index contributed by atoms with van der Waals surface area (Å²) < 4.78 is 14.5. The number of hydrogen-bond acceptors (Lipinski definition) is 8. The van der Waals surface area contributed by atoms with Crippen LogP contribution in [-0.2, 0) is 27.1 Å². The van der Waals surface area contributed by atoms with E-state index in [0.29, 0.717) is 55.4 Å². The van der Waals surface area contributed by atoms with Crippen molar-refractivity contribution in [1.29, 1.82) is 5.26 Å². The number of carbonyl (C=O) groups excluding carboxylic acids is 2. The lowest BCUT2D eigenvalue weighted by Gasteiger charge is -2.30. The SMILES string of the molecule is CCCc1c(Cc2ccc(-c3ccccc3C#N)cc2)c(=O)n([C@H]2CC[C@H](OCC(=O)NNC(=O)OC(C)(C)C)CC2)c2ncnn12. The minimum absolute atomic E-state index is 0.0650. The lowest BCUT2D eigenvalue weighted by Crippen LogP contribution is -2.46. The molecule has 1 saturated carbocycles. The van der Waals surface area contributed by atoms with Crippen molar-refractivity contribution in [2.75, 3.05) is 6.61 Å². The normalized spacial score (nSPS) is 16.4. The van der Waals surface area contributed by atoms with E-state index in [-0.39, 0.29) is 24.3 Å². The van der Waals surface area contributed by atoms with Crippen LogP contribution in [0.25, 0.3) is 16.9 Å². The average Bonchev–Trinajstić information content (AvgIpc) is 3.54. The van der Waals surface area contributed by atoms with Crippen LogP contribution in [0.15, 0.2) is 59.7 Å². The summed E-state index contributed by atoms with van der Waals surface area (Å²) in [5, 5.41) is 14.1. The number of amides is 2. The second-order valence-corrected chi connectivity index (χ2v) is 12.8. The molecule has 12 heteroatoms. The summed E-state index contributed by atoms with van der Waals surface area (Å²) in [6.07, 6.45) is 5.20. The molecule has 1 fully saturated rings. The van der Waals surface area contributed by atoms with Gasteiger partial charge in [-0.2, -0.15) is 15.3 Å². The minimum Gasteiger partial charge on any atom is -0.443 e. The van der Waals surface area contributed by atoms with E-state index < -0.39 is 17.6 Å². The lowest BCUT2D eigenvalue weighted by atomic mass is 9.92. The highest BCUT2D eigenvalue weighted by Gasteiger charge is 2.28. The molecule has 246 valence electrons. The van der Waals surface area contributed by atoms with Crippen molar-refractivity contribution in [2.24, 2.45) is 0 Å². The Bertz CT molecular complexity index is 1820. The van der Waals surface area contributed by atoms with E-state index in [2.05, 4.69) is 33.9 Å². The number of rotatable bonds is 9. The molecule has 1 aliphatic rings. The number of carbonyl (C=O) groups is 2. The number of aryl methyl sites for hydroxylation is 1. The summed E-state index contributed by atoms with van der Waals surface area (Å²) in [5.41, 5.74) is 8.75. The minimum atomic E-state index is -0.751. The maximum Gasteiger partial charge on any atom is 0.426 e. The standard InChI is InChI=1S/C35H41N7O5/c1-5-8-30-29(19-23-11-13-24(14-12-23)28-10-7-6-9-25(28)20-36)32(44)41(33-37-22-38-42(30)33)26-15-17-27(18-16-26)46-21-31(43)39-40-34(45)47-35(2,3)4/h6-7,9-14,22,26-27H,5,8,15-19,21H2,1-4H3,(H,39,43)(H,40,45)/t26-,27-. The number of aromatic nitrogens is 4. The Morgan fingerprint density at radius 1 is 1.04 bits per heavy atom. The highest BCUT2D eigenvalue weighted by Crippen LogP contribution is 2.31. The van der Waals surface area contributed by atoms with Crippen LogP contribution < -0.4 is 16.4 Å². The summed E-state index contributed by atoms with van der Waals surface area (Å²) in [6.45, 7) is 7.06. The zero-order valence-corrected chi connectivity index (χ0v) is 27.3. The van der Waals surface area contributed by atoms with Gasteiger partial charge in [-0.05, 0) is 75.6 Å².